The molecule has 9 atom stereocenters. The van der Waals surface area contributed by atoms with E-state index < -0.39 is 33.7 Å². The highest BCUT2D eigenvalue weighted by atomic mass is 16.4. The molecule has 0 saturated heterocycles. The fourth-order valence-electron chi connectivity index (χ4n) is 11.2. The molecule has 198 valence electrons. The third-order valence-electron chi connectivity index (χ3n) is 13.5. The van der Waals surface area contributed by atoms with Crippen LogP contribution >= 0.6 is 0 Å². The van der Waals surface area contributed by atoms with Crippen LogP contribution < -0.4 is 0 Å². The number of aliphatic hydroxyl groups excluding tert-OH is 1. The summed E-state index contributed by atoms with van der Waals surface area (Å²) in [6.07, 6.45) is 6.35. The zero-order valence-corrected chi connectivity index (χ0v) is 23.0. The molecular weight excluding hydrogens is 440 g/mol. The summed E-state index contributed by atoms with van der Waals surface area (Å²) in [5.41, 5.74) is -3.68. The highest BCUT2D eigenvalue weighted by Crippen LogP contribution is 2.77. The predicted octanol–water partition coefficient (Wildman–Crippen LogP) is 5.61. The van der Waals surface area contributed by atoms with Crippen molar-refractivity contribution in [3.05, 3.63) is 0 Å². The Balaban J connectivity index is 1.64. The van der Waals surface area contributed by atoms with E-state index >= 15 is 0 Å². The Morgan fingerprint density at radius 3 is 2.11 bits per heavy atom. The highest BCUT2D eigenvalue weighted by Gasteiger charge is 2.77. The summed E-state index contributed by atoms with van der Waals surface area (Å²) in [6, 6.07) is 0. The van der Waals surface area contributed by atoms with E-state index in [-0.39, 0.29) is 46.4 Å². The van der Waals surface area contributed by atoms with Crippen molar-refractivity contribution in [2.45, 2.75) is 124 Å². The van der Waals surface area contributed by atoms with Crippen molar-refractivity contribution >= 4 is 11.8 Å². The average Bonchev–Trinajstić information content (AvgIpc) is 2.73. The number of carboxylic acid groups (broad SMARTS) is 1. The lowest BCUT2D eigenvalue weighted by molar-refractivity contribution is -0.299. The number of hydrogen-bond acceptors (Lipinski definition) is 4. The molecule has 5 fully saturated rings. The van der Waals surface area contributed by atoms with Crippen LogP contribution in [0.25, 0.3) is 0 Å². The summed E-state index contributed by atoms with van der Waals surface area (Å²) in [5, 5.41) is 34.1. The zero-order valence-electron chi connectivity index (χ0n) is 23.0. The van der Waals surface area contributed by atoms with Gasteiger partial charge < -0.3 is 15.3 Å². The Bertz CT molecular complexity index is 954. The van der Waals surface area contributed by atoms with Crippen LogP contribution in [0.15, 0.2) is 0 Å². The Morgan fingerprint density at radius 1 is 0.857 bits per heavy atom. The van der Waals surface area contributed by atoms with E-state index in [1.807, 2.05) is 0 Å². The van der Waals surface area contributed by atoms with Crippen LogP contribution in [0.2, 0.25) is 0 Å². The van der Waals surface area contributed by atoms with E-state index in [0.717, 1.165) is 25.7 Å². The van der Waals surface area contributed by atoms with Crippen LogP contribution in [0.5, 0.6) is 0 Å². The van der Waals surface area contributed by atoms with E-state index in [9.17, 15) is 24.9 Å². The number of carbonyl (C=O) groups excluding carboxylic acids is 1. The molecule has 0 aromatic carbocycles. The minimum Gasteiger partial charge on any atom is -0.481 e. The topological polar surface area (TPSA) is 94.8 Å². The first-order chi connectivity index (χ1) is 15.9. The van der Waals surface area contributed by atoms with Gasteiger partial charge in [0, 0.05) is 23.7 Å². The van der Waals surface area contributed by atoms with Crippen LogP contribution in [0, 0.1) is 50.2 Å². The van der Waals surface area contributed by atoms with E-state index in [2.05, 4.69) is 48.5 Å². The summed E-state index contributed by atoms with van der Waals surface area (Å²) < 4.78 is 0. The maximum Gasteiger partial charge on any atom is 0.310 e. The quantitative estimate of drug-likeness (QED) is 0.446. The lowest BCUT2D eigenvalue weighted by Crippen LogP contribution is -2.76. The van der Waals surface area contributed by atoms with Crippen molar-refractivity contribution in [1.29, 1.82) is 0 Å². The monoisotopic (exact) mass is 488 g/mol. The van der Waals surface area contributed by atoms with Gasteiger partial charge in [-0.2, -0.15) is 0 Å². The van der Waals surface area contributed by atoms with Crippen LogP contribution in [-0.2, 0) is 9.59 Å². The number of carbonyl (C=O) groups is 2. The van der Waals surface area contributed by atoms with Crippen molar-refractivity contribution in [3.8, 4) is 0 Å². The first kappa shape index (κ1) is 25.7. The third kappa shape index (κ3) is 2.89. The van der Waals surface area contributed by atoms with Gasteiger partial charge in [-0.15, -0.1) is 0 Å². The molecule has 3 N–H and O–H groups in total. The largest absolute Gasteiger partial charge is 0.481 e. The van der Waals surface area contributed by atoms with Crippen molar-refractivity contribution in [2.75, 3.05) is 0 Å². The lowest BCUT2D eigenvalue weighted by atomic mass is 9.30. The minimum absolute atomic E-state index is 0.0500. The number of fused-ring (bicyclic) bond motifs is 7. The molecule has 5 rings (SSSR count). The van der Waals surface area contributed by atoms with E-state index in [4.69, 9.17) is 0 Å². The van der Waals surface area contributed by atoms with Gasteiger partial charge in [-0.3, -0.25) is 9.59 Å². The summed E-state index contributed by atoms with van der Waals surface area (Å²) in [4.78, 5) is 27.1. The third-order valence-corrected chi connectivity index (χ3v) is 13.5. The fraction of sp³-hybridized carbons (Fsp3) is 0.933. The maximum absolute atomic E-state index is 14.3. The summed E-state index contributed by atoms with van der Waals surface area (Å²) in [7, 11) is 0. The Morgan fingerprint density at radius 2 is 1.49 bits per heavy atom. The minimum atomic E-state index is -1.31. The zero-order chi connectivity index (χ0) is 26.0. The second-order valence-corrected chi connectivity index (χ2v) is 15.6. The van der Waals surface area contributed by atoms with Gasteiger partial charge >= 0.3 is 5.97 Å². The number of aliphatic hydroxyl groups is 2. The number of carboxylic acids is 1. The van der Waals surface area contributed by atoms with Crippen molar-refractivity contribution in [2.24, 2.45) is 50.2 Å². The predicted molar refractivity (Wildman–Crippen MR) is 135 cm³/mol. The normalized spacial score (nSPS) is 54.6. The number of Topliss-reactive ketones (excluding diaryl/α,β-unsaturated/α-hetero) is 1. The molecule has 5 nitrogen and oxygen atoms in total. The number of aliphatic carboxylic acids is 1. The van der Waals surface area contributed by atoms with Gasteiger partial charge in [0.15, 0.2) is 0 Å². The van der Waals surface area contributed by atoms with Crippen molar-refractivity contribution in [1.82, 2.24) is 0 Å². The molecule has 0 heterocycles. The molecule has 0 radical (unpaired) electrons. The molecule has 5 saturated carbocycles. The molecule has 3 unspecified atom stereocenters. The molecule has 0 spiro atoms. The second-order valence-electron chi connectivity index (χ2n) is 15.6. The molecule has 0 aromatic rings. The molecule has 5 heteroatoms. The van der Waals surface area contributed by atoms with Crippen molar-refractivity contribution < 1.29 is 24.9 Å². The lowest BCUT2D eigenvalue weighted by Gasteiger charge is -2.74. The first-order valence-electron chi connectivity index (χ1n) is 14.1. The van der Waals surface area contributed by atoms with Crippen molar-refractivity contribution in [3.63, 3.8) is 0 Å². The van der Waals surface area contributed by atoms with Gasteiger partial charge in [0.2, 0.25) is 0 Å². The van der Waals surface area contributed by atoms with E-state index in [1.165, 1.54) is 0 Å². The summed E-state index contributed by atoms with van der Waals surface area (Å²) >= 11 is 0. The molecular formula is C30H48O5. The number of ketones is 1. The van der Waals surface area contributed by atoms with E-state index in [1.54, 1.807) is 0 Å². The van der Waals surface area contributed by atoms with Gasteiger partial charge in [-0.1, -0.05) is 48.5 Å². The average molecular weight is 489 g/mol. The van der Waals surface area contributed by atoms with E-state index in [0.29, 0.717) is 32.1 Å². The molecule has 5 aliphatic rings. The van der Waals surface area contributed by atoms with Crippen LogP contribution in [-0.4, -0.2) is 38.8 Å². The summed E-state index contributed by atoms with van der Waals surface area (Å²) in [6.45, 7) is 15.4. The molecule has 5 aliphatic carbocycles. The first-order valence-corrected chi connectivity index (χ1v) is 14.1. The summed E-state index contributed by atoms with van der Waals surface area (Å²) in [5.74, 6) is -0.971. The number of hydrogen-bond donors (Lipinski definition) is 3. The SMILES string of the molecule is CC1(C)CC[C@]2(C(=O)O)CC[C@]3(C)C(O)(CC(=O)[C@@H]4[C@@]5(C)CC[C@H](O)C(C)(C)C5CC[C@]43C)C2C1. The molecule has 0 aromatic heterocycles. The Labute approximate surface area is 211 Å². The molecule has 0 aliphatic heterocycles. The van der Waals surface area contributed by atoms with Crippen LogP contribution in [0.4, 0.5) is 0 Å². The van der Waals surface area contributed by atoms with Gasteiger partial charge in [-0.05, 0) is 85.4 Å². The van der Waals surface area contributed by atoms with Gasteiger partial charge in [-0.25, -0.2) is 0 Å². The van der Waals surface area contributed by atoms with Gasteiger partial charge in [0.1, 0.15) is 5.78 Å². The standard InChI is InChI=1S/C30H48O5/c1-24(2)12-14-29(23(33)34)15-13-28(7)27(6)11-8-19-25(3,4)21(32)9-10-26(19,5)22(27)18(31)16-30(28,35)20(29)17-24/h19-22,32,35H,8-17H2,1-7H3,(H,33,34)/t19?,20?,21-,22+,26-,27+,28-,29-,30?/m0/s1. The molecule has 35 heavy (non-hydrogen) atoms. The molecule has 0 amide bonds. The Kier molecular flexibility index (Phi) is 5.23. The maximum atomic E-state index is 14.3. The fourth-order valence-corrected chi connectivity index (χ4v) is 11.2. The van der Waals surface area contributed by atoms with Crippen LogP contribution in [0.3, 0.4) is 0 Å². The van der Waals surface area contributed by atoms with Gasteiger partial charge in [0.25, 0.3) is 0 Å². The smallest absolute Gasteiger partial charge is 0.310 e. The number of rotatable bonds is 1. The Hall–Kier alpha value is -0.940. The molecule has 0 bridgehead atoms. The highest BCUT2D eigenvalue weighted by molar-refractivity contribution is 5.86. The second kappa shape index (κ2) is 7.12. The van der Waals surface area contributed by atoms with Gasteiger partial charge in [0.05, 0.1) is 17.1 Å². The van der Waals surface area contributed by atoms with Crippen LogP contribution in [0.1, 0.15) is 113 Å².